The maximum Gasteiger partial charge on any atom is 0.224 e. The molecule has 0 aliphatic rings. The summed E-state index contributed by atoms with van der Waals surface area (Å²) in [6, 6.07) is 16.2. The normalized spacial score (nSPS) is 11.4. The van der Waals surface area contributed by atoms with Crippen molar-refractivity contribution in [1.82, 2.24) is 9.80 Å². The zero-order valence-electron chi connectivity index (χ0n) is 33.4. The fourth-order valence-corrected chi connectivity index (χ4v) is 6.83. The zero-order chi connectivity index (χ0) is 36.8. The number of nitrogens with zero attached hydrogens (tertiary/aromatic N) is 2. The van der Waals surface area contributed by atoms with Crippen molar-refractivity contribution in [3.05, 3.63) is 59.7 Å². The molecule has 0 unspecified atom stereocenters. The monoisotopic (exact) mass is 705 g/mol. The maximum atomic E-state index is 12.7. The molecule has 2 aromatic rings. The second kappa shape index (κ2) is 29.8. The van der Waals surface area contributed by atoms with Crippen LogP contribution in [0.4, 0.5) is 11.4 Å². The van der Waals surface area contributed by atoms with Gasteiger partial charge in [0.25, 0.3) is 0 Å². The van der Waals surface area contributed by atoms with Gasteiger partial charge in [0.2, 0.25) is 11.8 Å². The standard InChI is InChI=1S/C45H76N4O2/c1-5-7-9-11-13-15-17-19-21-33-48(3)35-25-31-44(50)46-42-29-23-27-40(38-42)37-41-28-24-30-43(39-41)47-45(51)32-26-36-49(4)34-22-20-18-16-14-12-10-8-6-2/h23-24,27-30,38-39H,5-22,25-26,31-37H2,1-4H3,(H,46,50)(H,47,51). The highest BCUT2D eigenvalue weighted by atomic mass is 16.2. The van der Waals surface area contributed by atoms with Crippen molar-refractivity contribution in [3.8, 4) is 0 Å². The van der Waals surface area contributed by atoms with Crippen LogP contribution in [0.25, 0.3) is 0 Å². The van der Waals surface area contributed by atoms with Crippen molar-refractivity contribution in [2.45, 2.75) is 162 Å². The first-order chi connectivity index (χ1) is 24.9. The summed E-state index contributed by atoms with van der Waals surface area (Å²) in [5.74, 6) is 0.144. The lowest BCUT2D eigenvalue weighted by molar-refractivity contribution is -0.117. The minimum absolute atomic E-state index is 0.0722. The molecule has 6 heteroatoms. The summed E-state index contributed by atoms with van der Waals surface area (Å²) in [5, 5.41) is 6.20. The molecule has 0 atom stereocenters. The first-order valence-corrected chi connectivity index (χ1v) is 21.0. The lowest BCUT2D eigenvalue weighted by atomic mass is 10.0. The molecular formula is C45H76N4O2. The third-order valence-corrected chi connectivity index (χ3v) is 10.0. The summed E-state index contributed by atoms with van der Waals surface area (Å²) >= 11 is 0. The van der Waals surface area contributed by atoms with Gasteiger partial charge >= 0.3 is 0 Å². The van der Waals surface area contributed by atoms with Crippen LogP contribution in [0.5, 0.6) is 0 Å². The summed E-state index contributed by atoms with van der Waals surface area (Å²) in [6.45, 7) is 8.67. The van der Waals surface area contributed by atoms with Crippen LogP contribution in [-0.2, 0) is 16.0 Å². The van der Waals surface area contributed by atoms with E-state index in [4.69, 9.17) is 0 Å². The average Bonchev–Trinajstić information content (AvgIpc) is 3.10. The van der Waals surface area contributed by atoms with Crippen molar-refractivity contribution in [1.29, 1.82) is 0 Å². The van der Waals surface area contributed by atoms with E-state index in [1.54, 1.807) is 0 Å². The Labute approximate surface area is 313 Å². The number of carbonyl (C=O) groups is 2. The Kier molecular flexibility index (Phi) is 26.0. The molecule has 0 aliphatic carbocycles. The molecule has 51 heavy (non-hydrogen) atoms. The first kappa shape index (κ1) is 44.5. The molecule has 0 heterocycles. The zero-order valence-corrected chi connectivity index (χ0v) is 33.4. The largest absolute Gasteiger partial charge is 0.326 e. The minimum atomic E-state index is 0.0722. The summed E-state index contributed by atoms with van der Waals surface area (Å²) in [7, 11) is 4.34. The van der Waals surface area contributed by atoms with Crippen LogP contribution in [0.2, 0.25) is 0 Å². The van der Waals surface area contributed by atoms with E-state index in [-0.39, 0.29) is 11.8 Å². The van der Waals surface area contributed by atoms with Crippen molar-refractivity contribution in [2.75, 3.05) is 50.9 Å². The highest BCUT2D eigenvalue weighted by Crippen LogP contribution is 2.19. The Bertz CT molecular complexity index is 1080. The van der Waals surface area contributed by atoms with E-state index in [2.05, 4.69) is 72.6 Å². The molecule has 0 bridgehead atoms. The third kappa shape index (κ3) is 24.2. The molecule has 2 N–H and O–H groups in total. The molecule has 2 amide bonds. The van der Waals surface area contributed by atoms with Gasteiger partial charge in [-0.1, -0.05) is 141 Å². The third-order valence-electron chi connectivity index (χ3n) is 10.0. The molecule has 288 valence electrons. The highest BCUT2D eigenvalue weighted by molar-refractivity contribution is 5.91. The molecule has 0 aliphatic heterocycles. The van der Waals surface area contributed by atoms with Crippen LogP contribution in [0.15, 0.2) is 48.5 Å². The summed E-state index contributed by atoms with van der Waals surface area (Å²) in [6.07, 6.45) is 27.9. The SMILES string of the molecule is CCCCCCCCCCCN(C)CCCC(=O)Nc1cccc(Cc2cccc(NC(=O)CCCN(C)CCCCCCCCCCC)c2)c1. The number of rotatable bonds is 32. The van der Waals surface area contributed by atoms with Crippen LogP contribution in [0.3, 0.4) is 0 Å². The molecule has 0 saturated carbocycles. The van der Waals surface area contributed by atoms with Gasteiger partial charge in [-0.25, -0.2) is 0 Å². The first-order valence-electron chi connectivity index (χ1n) is 21.0. The number of amides is 2. The minimum Gasteiger partial charge on any atom is -0.326 e. The van der Waals surface area contributed by atoms with Crippen molar-refractivity contribution in [2.24, 2.45) is 0 Å². The van der Waals surface area contributed by atoms with Crippen LogP contribution >= 0.6 is 0 Å². The molecule has 2 rings (SSSR count). The predicted molar refractivity (Wildman–Crippen MR) is 221 cm³/mol. The number of carbonyl (C=O) groups excluding carboxylic acids is 2. The van der Waals surface area contributed by atoms with E-state index in [9.17, 15) is 9.59 Å². The van der Waals surface area contributed by atoms with Gasteiger partial charge in [-0.15, -0.1) is 0 Å². The Hall–Kier alpha value is -2.70. The van der Waals surface area contributed by atoms with Crippen molar-refractivity contribution >= 4 is 23.2 Å². The second-order valence-corrected chi connectivity index (χ2v) is 15.1. The molecule has 0 aromatic heterocycles. The Morgan fingerprint density at radius 1 is 0.471 bits per heavy atom. The van der Waals surface area contributed by atoms with Gasteiger partial charge in [-0.3, -0.25) is 9.59 Å². The van der Waals surface area contributed by atoms with Gasteiger partial charge in [-0.2, -0.15) is 0 Å². The number of hydrogen-bond acceptors (Lipinski definition) is 4. The summed E-state index contributed by atoms with van der Waals surface area (Å²) < 4.78 is 0. The van der Waals surface area contributed by atoms with E-state index in [1.807, 2.05) is 24.3 Å². The van der Waals surface area contributed by atoms with Gasteiger partial charge in [0.15, 0.2) is 0 Å². The van der Waals surface area contributed by atoms with Gasteiger partial charge in [0.1, 0.15) is 0 Å². The molecular weight excluding hydrogens is 629 g/mol. The topological polar surface area (TPSA) is 64.7 Å². The van der Waals surface area contributed by atoms with E-state index < -0.39 is 0 Å². The number of unbranched alkanes of at least 4 members (excludes halogenated alkanes) is 16. The Morgan fingerprint density at radius 2 is 0.804 bits per heavy atom. The van der Waals surface area contributed by atoms with Gasteiger partial charge in [0, 0.05) is 24.2 Å². The Balaban J connectivity index is 1.60. The smallest absolute Gasteiger partial charge is 0.224 e. The van der Waals surface area contributed by atoms with Crippen LogP contribution in [0, 0.1) is 0 Å². The van der Waals surface area contributed by atoms with Crippen LogP contribution < -0.4 is 10.6 Å². The number of anilines is 2. The number of hydrogen-bond donors (Lipinski definition) is 2. The fourth-order valence-electron chi connectivity index (χ4n) is 6.83. The van der Waals surface area contributed by atoms with E-state index in [1.165, 1.54) is 116 Å². The van der Waals surface area contributed by atoms with Gasteiger partial charge < -0.3 is 20.4 Å². The molecule has 2 aromatic carbocycles. The van der Waals surface area contributed by atoms with Crippen LogP contribution in [0.1, 0.15) is 166 Å². The predicted octanol–water partition coefficient (Wildman–Crippen LogP) is 11.6. The van der Waals surface area contributed by atoms with Crippen molar-refractivity contribution < 1.29 is 9.59 Å². The lowest BCUT2D eigenvalue weighted by Gasteiger charge is -2.16. The fraction of sp³-hybridized carbons (Fsp3) is 0.689. The summed E-state index contributed by atoms with van der Waals surface area (Å²) in [4.78, 5) is 30.1. The van der Waals surface area contributed by atoms with Gasteiger partial charge in [0.05, 0.1) is 0 Å². The van der Waals surface area contributed by atoms with Crippen LogP contribution in [-0.4, -0.2) is 61.9 Å². The second-order valence-electron chi connectivity index (χ2n) is 15.1. The molecule has 0 fully saturated rings. The molecule has 6 nitrogen and oxygen atoms in total. The van der Waals surface area contributed by atoms with E-state index >= 15 is 0 Å². The average molecular weight is 705 g/mol. The van der Waals surface area contributed by atoms with Gasteiger partial charge in [-0.05, 0) is 108 Å². The summed E-state index contributed by atoms with van der Waals surface area (Å²) in [5.41, 5.74) is 3.94. The quantitative estimate of drug-likeness (QED) is 0.0744. The van der Waals surface area contributed by atoms with E-state index in [0.29, 0.717) is 12.8 Å². The number of benzene rings is 2. The molecule has 0 spiro atoms. The van der Waals surface area contributed by atoms with Crippen molar-refractivity contribution in [3.63, 3.8) is 0 Å². The number of nitrogens with one attached hydrogen (secondary N) is 2. The highest BCUT2D eigenvalue weighted by Gasteiger charge is 2.08. The molecule has 0 radical (unpaired) electrons. The maximum absolute atomic E-state index is 12.7. The Morgan fingerprint density at radius 3 is 1.18 bits per heavy atom. The van der Waals surface area contributed by atoms with E-state index in [0.717, 1.165) is 67.9 Å². The molecule has 0 saturated heterocycles. The lowest BCUT2D eigenvalue weighted by Crippen LogP contribution is -2.22.